The minimum atomic E-state index is -0.284. The van der Waals surface area contributed by atoms with Crippen LogP contribution in [0.2, 0.25) is 10.3 Å². The molecule has 1 aliphatic rings. The molecule has 0 spiro atoms. The van der Waals surface area contributed by atoms with Gasteiger partial charge in [0, 0.05) is 12.1 Å². The second-order valence-corrected chi connectivity index (χ2v) is 4.75. The smallest absolute Gasteiger partial charge is 0.325 e. The van der Waals surface area contributed by atoms with Crippen molar-refractivity contribution in [1.82, 2.24) is 10.2 Å². The Balaban J connectivity index is 2.19. The van der Waals surface area contributed by atoms with Gasteiger partial charge in [0.25, 0.3) is 0 Å². The van der Waals surface area contributed by atoms with Crippen LogP contribution >= 0.6 is 23.2 Å². The number of carbonyl (C=O) groups is 1. The van der Waals surface area contributed by atoms with Gasteiger partial charge in [-0.3, -0.25) is 4.79 Å². The maximum absolute atomic E-state index is 11.6. The Kier molecular flexibility index (Phi) is 4.24. The van der Waals surface area contributed by atoms with Crippen molar-refractivity contribution in [1.29, 1.82) is 0 Å². The topological polar surface area (TPSA) is 55.3 Å². The number of anilines is 1. The lowest BCUT2D eigenvalue weighted by molar-refractivity contribution is -0.141. The minimum Gasteiger partial charge on any atom is -0.465 e. The lowest BCUT2D eigenvalue weighted by Crippen LogP contribution is -2.33. The van der Waals surface area contributed by atoms with E-state index in [1.807, 2.05) is 4.90 Å². The molecule has 1 aliphatic carbocycles. The van der Waals surface area contributed by atoms with E-state index in [1.165, 1.54) is 0 Å². The molecule has 0 atom stereocenters. The predicted molar refractivity (Wildman–Crippen MR) is 69.1 cm³/mol. The summed E-state index contributed by atoms with van der Waals surface area (Å²) in [4.78, 5) is 13.5. The van der Waals surface area contributed by atoms with Gasteiger partial charge in [-0.25, -0.2) is 0 Å². The first-order valence-corrected chi connectivity index (χ1v) is 6.48. The molecule has 0 unspecified atom stereocenters. The first kappa shape index (κ1) is 13.4. The second-order valence-electron chi connectivity index (χ2n) is 4.01. The van der Waals surface area contributed by atoms with Crippen LogP contribution in [0.3, 0.4) is 0 Å². The van der Waals surface area contributed by atoms with E-state index in [1.54, 1.807) is 13.0 Å². The first-order valence-electron chi connectivity index (χ1n) is 5.72. The summed E-state index contributed by atoms with van der Waals surface area (Å²) in [5, 5.41) is 7.91. The van der Waals surface area contributed by atoms with E-state index in [0.717, 1.165) is 12.8 Å². The normalized spacial score (nSPS) is 14.4. The third-order valence-electron chi connectivity index (χ3n) is 2.60. The molecule has 98 valence electrons. The fourth-order valence-electron chi connectivity index (χ4n) is 1.69. The summed E-state index contributed by atoms with van der Waals surface area (Å²) in [6.07, 6.45) is 2.05. The van der Waals surface area contributed by atoms with Gasteiger partial charge in [0.1, 0.15) is 6.54 Å². The van der Waals surface area contributed by atoms with Gasteiger partial charge >= 0.3 is 5.97 Å². The molecule has 0 aromatic carbocycles. The summed E-state index contributed by atoms with van der Waals surface area (Å²) in [6, 6.07) is 1.92. The molecule has 0 saturated heterocycles. The van der Waals surface area contributed by atoms with Crippen LogP contribution in [0.15, 0.2) is 6.07 Å². The molecular weight excluding hydrogens is 277 g/mol. The van der Waals surface area contributed by atoms with Crippen molar-refractivity contribution in [3.05, 3.63) is 16.4 Å². The zero-order valence-corrected chi connectivity index (χ0v) is 11.4. The predicted octanol–water partition coefficient (Wildman–Crippen LogP) is 2.32. The van der Waals surface area contributed by atoms with Crippen LogP contribution in [0.5, 0.6) is 0 Å². The van der Waals surface area contributed by atoms with E-state index >= 15 is 0 Å². The van der Waals surface area contributed by atoms with E-state index in [9.17, 15) is 4.79 Å². The van der Waals surface area contributed by atoms with Crippen molar-refractivity contribution in [3.8, 4) is 0 Å². The Labute approximate surface area is 115 Å². The van der Waals surface area contributed by atoms with E-state index in [-0.39, 0.29) is 22.8 Å². The average Bonchev–Trinajstić information content (AvgIpc) is 3.14. The highest BCUT2D eigenvalue weighted by molar-refractivity contribution is 6.33. The summed E-state index contributed by atoms with van der Waals surface area (Å²) >= 11 is 11.8. The molecule has 0 amide bonds. The Morgan fingerprint density at radius 2 is 2.22 bits per heavy atom. The van der Waals surface area contributed by atoms with Gasteiger partial charge in [-0.05, 0) is 19.8 Å². The quantitative estimate of drug-likeness (QED) is 0.779. The molecular formula is C11H13Cl2N3O2. The Morgan fingerprint density at radius 3 is 2.83 bits per heavy atom. The number of hydrogen-bond donors (Lipinski definition) is 0. The standard InChI is InChI=1S/C11H13Cl2N3O2/c1-2-18-10(17)6-16(7-3-4-7)8-5-9(12)14-15-11(8)13/h5,7H,2-4,6H2,1H3. The molecule has 7 heteroatoms. The number of aromatic nitrogens is 2. The maximum Gasteiger partial charge on any atom is 0.325 e. The highest BCUT2D eigenvalue weighted by Crippen LogP contribution is 2.35. The zero-order chi connectivity index (χ0) is 13.1. The fourth-order valence-corrected chi connectivity index (χ4v) is 2.03. The van der Waals surface area contributed by atoms with Gasteiger partial charge in [-0.1, -0.05) is 23.2 Å². The Hall–Kier alpha value is -1.07. The van der Waals surface area contributed by atoms with Gasteiger partial charge in [0.05, 0.1) is 12.3 Å². The van der Waals surface area contributed by atoms with Crippen molar-refractivity contribution in [2.75, 3.05) is 18.1 Å². The van der Waals surface area contributed by atoms with Crippen molar-refractivity contribution in [2.45, 2.75) is 25.8 Å². The van der Waals surface area contributed by atoms with Crippen LogP contribution in [0, 0.1) is 0 Å². The van der Waals surface area contributed by atoms with Crippen LogP contribution < -0.4 is 4.90 Å². The summed E-state index contributed by atoms with van der Waals surface area (Å²) in [5.41, 5.74) is 0.632. The molecule has 1 heterocycles. The van der Waals surface area contributed by atoms with Crippen LogP contribution in [0.1, 0.15) is 19.8 Å². The molecule has 5 nitrogen and oxygen atoms in total. The molecule has 1 saturated carbocycles. The van der Waals surface area contributed by atoms with E-state index in [2.05, 4.69) is 10.2 Å². The van der Waals surface area contributed by atoms with E-state index in [0.29, 0.717) is 18.3 Å². The summed E-state index contributed by atoms with van der Waals surface area (Å²) < 4.78 is 4.95. The molecule has 2 rings (SSSR count). The number of esters is 1. The third-order valence-corrected chi connectivity index (χ3v) is 3.06. The minimum absolute atomic E-state index is 0.153. The number of halogens is 2. The van der Waals surface area contributed by atoms with Gasteiger partial charge in [-0.2, -0.15) is 0 Å². The molecule has 0 N–H and O–H groups in total. The van der Waals surface area contributed by atoms with Crippen molar-refractivity contribution in [3.63, 3.8) is 0 Å². The van der Waals surface area contributed by atoms with Gasteiger partial charge < -0.3 is 9.64 Å². The highest BCUT2D eigenvalue weighted by Gasteiger charge is 2.32. The molecule has 0 bridgehead atoms. The Bertz CT molecular complexity index is 452. The lowest BCUT2D eigenvalue weighted by atomic mass is 10.3. The zero-order valence-electron chi connectivity index (χ0n) is 9.90. The number of ether oxygens (including phenoxy) is 1. The van der Waals surface area contributed by atoms with Crippen LogP contribution in [-0.2, 0) is 9.53 Å². The number of hydrogen-bond acceptors (Lipinski definition) is 5. The van der Waals surface area contributed by atoms with Crippen LogP contribution in [-0.4, -0.2) is 35.4 Å². The first-order chi connectivity index (χ1) is 8.61. The monoisotopic (exact) mass is 289 g/mol. The molecule has 1 aromatic heterocycles. The van der Waals surface area contributed by atoms with Crippen LogP contribution in [0.4, 0.5) is 5.69 Å². The SMILES string of the molecule is CCOC(=O)CN(c1cc(Cl)nnc1Cl)C1CC1. The number of nitrogens with zero attached hydrogens (tertiary/aromatic N) is 3. The fraction of sp³-hybridized carbons (Fsp3) is 0.545. The van der Waals surface area contributed by atoms with Crippen molar-refractivity contribution >= 4 is 34.9 Å². The lowest BCUT2D eigenvalue weighted by Gasteiger charge is -2.23. The largest absolute Gasteiger partial charge is 0.465 e. The third kappa shape index (κ3) is 3.23. The van der Waals surface area contributed by atoms with E-state index in [4.69, 9.17) is 27.9 Å². The van der Waals surface area contributed by atoms with Gasteiger partial charge in [-0.15, -0.1) is 10.2 Å². The molecule has 0 aliphatic heterocycles. The number of carbonyl (C=O) groups excluding carboxylic acids is 1. The molecule has 18 heavy (non-hydrogen) atoms. The average molecular weight is 290 g/mol. The summed E-state index contributed by atoms with van der Waals surface area (Å²) in [6.45, 7) is 2.29. The van der Waals surface area contributed by atoms with Gasteiger partial charge in [0.15, 0.2) is 10.3 Å². The van der Waals surface area contributed by atoms with Gasteiger partial charge in [0.2, 0.25) is 0 Å². The van der Waals surface area contributed by atoms with E-state index < -0.39 is 0 Å². The second kappa shape index (κ2) is 5.71. The molecule has 1 fully saturated rings. The summed E-state index contributed by atoms with van der Waals surface area (Å²) in [5.74, 6) is -0.284. The highest BCUT2D eigenvalue weighted by atomic mass is 35.5. The van der Waals surface area contributed by atoms with Crippen molar-refractivity contribution in [2.24, 2.45) is 0 Å². The molecule has 1 aromatic rings. The van der Waals surface area contributed by atoms with Crippen LogP contribution in [0.25, 0.3) is 0 Å². The Morgan fingerprint density at radius 1 is 1.50 bits per heavy atom. The summed E-state index contributed by atoms with van der Waals surface area (Å²) in [7, 11) is 0. The number of rotatable bonds is 5. The maximum atomic E-state index is 11.6. The van der Waals surface area contributed by atoms with Crippen molar-refractivity contribution < 1.29 is 9.53 Å². The molecule has 0 radical (unpaired) electrons.